The van der Waals surface area contributed by atoms with E-state index in [2.05, 4.69) is 15.7 Å². The number of hydrazine groups is 1. The van der Waals surface area contributed by atoms with Gasteiger partial charge < -0.3 is 10.7 Å². The Hall–Kier alpha value is -2.11. The standard InChI is InChI=1S/C15H17ClN4O/c1-8-4-9(2)14(10(3)5-8)19-15(21)11-6-12(16)18-13(7-11)20-17/h4-7H,17H2,1-3H3,(H,18,20)(H,19,21). The predicted molar refractivity (Wildman–Crippen MR) is 85.7 cm³/mol. The van der Waals surface area contributed by atoms with Crippen molar-refractivity contribution in [3.8, 4) is 0 Å². The molecule has 4 N–H and O–H groups in total. The molecule has 1 aromatic heterocycles. The highest BCUT2D eigenvalue weighted by Gasteiger charge is 2.12. The number of aromatic nitrogens is 1. The van der Waals surface area contributed by atoms with E-state index in [0.717, 1.165) is 22.4 Å². The van der Waals surface area contributed by atoms with Crippen molar-refractivity contribution in [2.45, 2.75) is 20.8 Å². The summed E-state index contributed by atoms with van der Waals surface area (Å²) < 4.78 is 0. The number of rotatable bonds is 3. The Morgan fingerprint density at radius 1 is 1.14 bits per heavy atom. The van der Waals surface area contributed by atoms with Crippen molar-refractivity contribution in [3.05, 3.63) is 51.7 Å². The number of aryl methyl sites for hydroxylation is 3. The van der Waals surface area contributed by atoms with Crippen LogP contribution in [-0.4, -0.2) is 10.9 Å². The molecule has 6 heteroatoms. The van der Waals surface area contributed by atoms with Crippen molar-refractivity contribution < 1.29 is 4.79 Å². The molecule has 2 aromatic rings. The van der Waals surface area contributed by atoms with Gasteiger partial charge in [-0.05, 0) is 44.0 Å². The van der Waals surface area contributed by atoms with Gasteiger partial charge in [-0.25, -0.2) is 10.8 Å². The van der Waals surface area contributed by atoms with Gasteiger partial charge in [0, 0.05) is 11.3 Å². The summed E-state index contributed by atoms with van der Waals surface area (Å²) in [5, 5.41) is 3.11. The fraction of sp³-hybridized carbons (Fsp3) is 0.200. The molecule has 0 aliphatic heterocycles. The number of carbonyl (C=O) groups is 1. The summed E-state index contributed by atoms with van der Waals surface area (Å²) in [4.78, 5) is 16.3. The van der Waals surface area contributed by atoms with Crippen LogP contribution in [-0.2, 0) is 0 Å². The third kappa shape index (κ3) is 3.51. The van der Waals surface area contributed by atoms with Gasteiger partial charge in [0.1, 0.15) is 11.0 Å². The molecule has 0 saturated carbocycles. The molecular weight excluding hydrogens is 288 g/mol. The van der Waals surface area contributed by atoms with E-state index in [1.807, 2.05) is 32.9 Å². The molecule has 0 aliphatic carbocycles. The number of nitrogens with one attached hydrogen (secondary N) is 2. The van der Waals surface area contributed by atoms with E-state index in [1.165, 1.54) is 6.07 Å². The van der Waals surface area contributed by atoms with Gasteiger partial charge in [-0.2, -0.15) is 0 Å². The van der Waals surface area contributed by atoms with E-state index in [-0.39, 0.29) is 11.1 Å². The van der Waals surface area contributed by atoms with Gasteiger partial charge >= 0.3 is 0 Å². The Morgan fingerprint density at radius 3 is 2.33 bits per heavy atom. The van der Waals surface area contributed by atoms with Crippen LogP contribution in [0.15, 0.2) is 24.3 Å². The number of carbonyl (C=O) groups excluding carboxylic acids is 1. The number of benzene rings is 1. The van der Waals surface area contributed by atoms with Crippen LogP contribution >= 0.6 is 11.6 Å². The van der Waals surface area contributed by atoms with Gasteiger partial charge in [0.25, 0.3) is 5.91 Å². The minimum atomic E-state index is -0.258. The topological polar surface area (TPSA) is 80.0 Å². The van der Waals surface area contributed by atoms with E-state index < -0.39 is 0 Å². The zero-order valence-corrected chi connectivity index (χ0v) is 12.9. The fourth-order valence-corrected chi connectivity index (χ4v) is 2.47. The maximum Gasteiger partial charge on any atom is 0.255 e. The average Bonchev–Trinajstić information content (AvgIpc) is 2.41. The van der Waals surface area contributed by atoms with Crippen LogP contribution in [0.25, 0.3) is 0 Å². The lowest BCUT2D eigenvalue weighted by Gasteiger charge is -2.13. The minimum absolute atomic E-state index is 0.202. The van der Waals surface area contributed by atoms with E-state index in [4.69, 9.17) is 17.4 Å². The molecule has 0 spiro atoms. The molecule has 0 atom stereocenters. The normalized spacial score (nSPS) is 10.3. The van der Waals surface area contributed by atoms with E-state index in [1.54, 1.807) is 6.07 Å². The monoisotopic (exact) mass is 304 g/mol. The van der Waals surface area contributed by atoms with E-state index in [9.17, 15) is 4.79 Å². The molecule has 21 heavy (non-hydrogen) atoms. The Balaban J connectivity index is 2.32. The summed E-state index contributed by atoms with van der Waals surface area (Å²) in [5.41, 5.74) is 6.76. The number of halogens is 1. The summed E-state index contributed by atoms with van der Waals surface area (Å²) in [7, 11) is 0. The first kappa shape index (κ1) is 15.3. The summed E-state index contributed by atoms with van der Waals surface area (Å²) in [5.74, 6) is 5.38. The Morgan fingerprint density at radius 2 is 1.76 bits per heavy atom. The molecule has 1 aromatic carbocycles. The number of nitrogens with zero attached hydrogens (tertiary/aromatic N) is 1. The SMILES string of the molecule is Cc1cc(C)c(NC(=O)c2cc(Cl)nc(NN)c2)c(C)c1. The van der Waals surface area contributed by atoms with Crippen molar-refractivity contribution in [1.82, 2.24) is 4.98 Å². The van der Waals surface area contributed by atoms with Crippen molar-refractivity contribution in [2.75, 3.05) is 10.7 Å². The number of hydrogen-bond acceptors (Lipinski definition) is 4. The van der Waals surface area contributed by atoms with Crippen LogP contribution in [0.1, 0.15) is 27.0 Å². The van der Waals surface area contributed by atoms with Gasteiger partial charge in [-0.15, -0.1) is 0 Å². The summed E-state index contributed by atoms with van der Waals surface area (Å²) in [6.45, 7) is 5.94. The molecule has 0 unspecified atom stereocenters. The van der Waals surface area contributed by atoms with E-state index in [0.29, 0.717) is 11.4 Å². The van der Waals surface area contributed by atoms with Gasteiger partial charge in [-0.3, -0.25) is 4.79 Å². The van der Waals surface area contributed by atoms with Crippen LogP contribution in [0.5, 0.6) is 0 Å². The quantitative estimate of drug-likeness (QED) is 0.462. The van der Waals surface area contributed by atoms with Gasteiger partial charge in [0.05, 0.1) is 0 Å². The van der Waals surface area contributed by atoms with E-state index >= 15 is 0 Å². The molecule has 0 aliphatic rings. The second-order valence-electron chi connectivity index (χ2n) is 4.94. The van der Waals surface area contributed by atoms with Crippen LogP contribution < -0.4 is 16.6 Å². The zero-order chi connectivity index (χ0) is 15.6. The number of hydrogen-bond donors (Lipinski definition) is 3. The van der Waals surface area contributed by atoms with Crippen molar-refractivity contribution in [2.24, 2.45) is 5.84 Å². The first-order chi connectivity index (χ1) is 9.90. The molecular formula is C15H17ClN4O. The highest BCUT2D eigenvalue weighted by molar-refractivity contribution is 6.30. The van der Waals surface area contributed by atoms with Crippen molar-refractivity contribution in [1.29, 1.82) is 0 Å². The smallest absolute Gasteiger partial charge is 0.255 e. The molecule has 0 saturated heterocycles. The molecule has 2 rings (SSSR count). The predicted octanol–water partition coefficient (Wildman–Crippen LogP) is 3.20. The number of amides is 1. The number of anilines is 2. The van der Waals surface area contributed by atoms with Crippen LogP contribution in [0.4, 0.5) is 11.5 Å². The molecule has 1 amide bonds. The summed E-state index contributed by atoms with van der Waals surface area (Å²) >= 11 is 5.87. The van der Waals surface area contributed by atoms with Crippen LogP contribution in [0, 0.1) is 20.8 Å². The highest BCUT2D eigenvalue weighted by Crippen LogP contribution is 2.23. The zero-order valence-electron chi connectivity index (χ0n) is 12.1. The summed E-state index contributed by atoms with van der Waals surface area (Å²) in [6.07, 6.45) is 0. The molecule has 110 valence electrons. The first-order valence-corrected chi connectivity index (χ1v) is 6.82. The number of nitrogens with two attached hydrogens (primary N) is 1. The molecule has 0 radical (unpaired) electrons. The Kier molecular flexibility index (Phi) is 4.45. The fourth-order valence-electron chi connectivity index (χ4n) is 2.26. The third-order valence-electron chi connectivity index (χ3n) is 3.12. The van der Waals surface area contributed by atoms with Crippen molar-refractivity contribution >= 4 is 29.0 Å². The van der Waals surface area contributed by atoms with Crippen LogP contribution in [0.3, 0.4) is 0 Å². The average molecular weight is 305 g/mol. The number of nitrogen functional groups attached to an aromatic ring is 1. The number of pyridine rings is 1. The minimum Gasteiger partial charge on any atom is -0.321 e. The highest BCUT2D eigenvalue weighted by atomic mass is 35.5. The second kappa shape index (κ2) is 6.11. The molecule has 1 heterocycles. The third-order valence-corrected chi connectivity index (χ3v) is 3.31. The second-order valence-corrected chi connectivity index (χ2v) is 5.32. The maximum absolute atomic E-state index is 12.4. The first-order valence-electron chi connectivity index (χ1n) is 6.44. The van der Waals surface area contributed by atoms with Gasteiger partial charge in [0.2, 0.25) is 0 Å². The van der Waals surface area contributed by atoms with Crippen molar-refractivity contribution in [3.63, 3.8) is 0 Å². The Bertz CT molecular complexity index is 677. The lowest BCUT2D eigenvalue weighted by molar-refractivity contribution is 0.102. The summed E-state index contributed by atoms with van der Waals surface area (Å²) in [6, 6.07) is 7.08. The van der Waals surface area contributed by atoms with Crippen LogP contribution in [0.2, 0.25) is 5.15 Å². The molecule has 0 fully saturated rings. The lowest BCUT2D eigenvalue weighted by atomic mass is 10.0. The largest absolute Gasteiger partial charge is 0.321 e. The van der Waals surface area contributed by atoms with Gasteiger partial charge in [0.15, 0.2) is 0 Å². The maximum atomic E-state index is 12.4. The molecule has 5 nitrogen and oxygen atoms in total. The lowest BCUT2D eigenvalue weighted by Crippen LogP contribution is -2.16. The molecule has 0 bridgehead atoms. The Labute approximate surface area is 128 Å². The van der Waals surface area contributed by atoms with Gasteiger partial charge in [-0.1, -0.05) is 29.3 Å².